The Bertz CT molecular complexity index is 637. The number of rotatable bonds is 1. The predicted molar refractivity (Wildman–Crippen MR) is 82.4 cm³/mol. The topological polar surface area (TPSA) is 20.7 Å². The summed E-state index contributed by atoms with van der Waals surface area (Å²) in [6.45, 7) is 6.44. The van der Waals surface area contributed by atoms with Crippen LogP contribution in [0.4, 0.5) is 0 Å². The number of hydrogen-bond donors (Lipinski definition) is 1. The average Bonchev–Trinajstić information content (AvgIpc) is 2.60. The second kappa shape index (κ2) is 4.83. The molecule has 5 heteroatoms. The number of benzene rings is 1. The molecule has 2 aromatic rings. The van der Waals surface area contributed by atoms with E-state index in [1.807, 2.05) is 29.0 Å². The molecular weight excluding hydrogens is 332 g/mol. The number of hydrogen-bond acceptors (Lipinski definition) is 1. The second-order valence-electron chi connectivity index (χ2n) is 5.16. The summed E-state index contributed by atoms with van der Waals surface area (Å²) in [6.07, 6.45) is 1.95. The van der Waals surface area contributed by atoms with Crippen LogP contribution in [0.1, 0.15) is 26.5 Å². The van der Waals surface area contributed by atoms with E-state index < -0.39 is 0 Å². The molecule has 1 aromatic heterocycles. The van der Waals surface area contributed by atoms with Gasteiger partial charge in [-0.25, -0.2) is 0 Å². The Hall–Kier alpha value is -0.580. The van der Waals surface area contributed by atoms with Gasteiger partial charge in [0.05, 0.1) is 10.7 Å². The Balaban J connectivity index is 2.71. The minimum atomic E-state index is -0.00996. The van der Waals surface area contributed by atoms with E-state index in [4.69, 9.17) is 23.8 Å². The van der Waals surface area contributed by atoms with E-state index in [1.165, 1.54) is 0 Å². The molecule has 0 fully saturated rings. The standard InChI is InChI=1S/C13H14BrClN2S/c1-13(2,3)11-7-16-12(18)17(11)10-5-4-8(14)6-9(10)15/h4-7H,1-3H3,(H,16,18). The van der Waals surface area contributed by atoms with Gasteiger partial charge in [0, 0.05) is 21.8 Å². The van der Waals surface area contributed by atoms with Crippen LogP contribution in [-0.2, 0) is 5.41 Å². The number of nitrogens with zero attached hydrogens (tertiary/aromatic N) is 1. The van der Waals surface area contributed by atoms with E-state index >= 15 is 0 Å². The fraction of sp³-hybridized carbons (Fsp3) is 0.308. The molecule has 0 unspecified atom stereocenters. The number of halogens is 2. The van der Waals surface area contributed by atoms with Crippen LogP contribution >= 0.6 is 39.7 Å². The van der Waals surface area contributed by atoms with Gasteiger partial charge in [0.25, 0.3) is 0 Å². The molecule has 0 aliphatic carbocycles. The molecule has 18 heavy (non-hydrogen) atoms. The third-order valence-corrected chi connectivity index (χ3v) is 3.79. The Morgan fingerprint density at radius 2 is 2.00 bits per heavy atom. The number of nitrogens with one attached hydrogen (secondary N) is 1. The summed E-state index contributed by atoms with van der Waals surface area (Å²) < 4.78 is 3.60. The van der Waals surface area contributed by atoms with E-state index in [-0.39, 0.29) is 5.41 Å². The molecule has 1 aromatic carbocycles. The van der Waals surface area contributed by atoms with E-state index in [0.29, 0.717) is 9.79 Å². The van der Waals surface area contributed by atoms with Crippen LogP contribution < -0.4 is 0 Å². The Kier molecular flexibility index (Phi) is 3.72. The van der Waals surface area contributed by atoms with Gasteiger partial charge in [-0.05, 0) is 30.4 Å². The quantitative estimate of drug-likeness (QED) is 0.700. The number of aromatic amines is 1. The first-order chi connectivity index (χ1) is 8.30. The van der Waals surface area contributed by atoms with Gasteiger partial charge < -0.3 is 4.98 Å². The summed E-state index contributed by atoms with van der Waals surface area (Å²) in [7, 11) is 0. The van der Waals surface area contributed by atoms with Crippen molar-refractivity contribution >= 4 is 39.7 Å². The normalized spacial score (nSPS) is 11.8. The maximum atomic E-state index is 6.30. The summed E-state index contributed by atoms with van der Waals surface area (Å²) in [4.78, 5) is 3.09. The van der Waals surface area contributed by atoms with Crippen molar-refractivity contribution in [2.45, 2.75) is 26.2 Å². The van der Waals surface area contributed by atoms with Crippen LogP contribution in [0.15, 0.2) is 28.9 Å². The summed E-state index contributed by atoms with van der Waals surface area (Å²) in [6, 6.07) is 5.80. The molecule has 0 aliphatic rings. The van der Waals surface area contributed by atoms with E-state index in [9.17, 15) is 0 Å². The van der Waals surface area contributed by atoms with Gasteiger partial charge in [-0.15, -0.1) is 0 Å². The highest BCUT2D eigenvalue weighted by molar-refractivity contribution is 9.10. The largest absolute Gasteiger partial charge is 0.337 e. The monoisotopic (exact) mass is 344 g/mol. The third-order valence-electron chi connectivity index (χ3n) is 2.70. The molecule has 0 saturated carbocycles. The average molecular weight is 346 g/mol. The van der Waals surface area contributed by atoms with Gasteiger partial charge >= 0.3 is 0 Å². The lowest BCUT2D eigenvalue weighted by Gasteiger charge is -2.21. The lowest BCUT2D eigenvalue weighted by molar-refractivity contribution is 0.556. The van der Waals surface area contributed by atoms with Crippen molar-refractivity contribution in [1.82, 2.24) is 9.55 Å². The minimum absolute atomic E-state index is 0.00996. The van der Waals surface area contributed by atoms with Crippen LogP contribution in [0.2, 0.25) is 5.02 Å². The second-order valence-corrected chi connectivity index (χ2v) is 6.87. The summed E-state index contributed by atoms with van der Waals surface area (Å²) >= 11 is 15.1. The number of aromatic nitrogens is 2. The molecule has 1 N–H and O–H groups in total. The van der Waals surface area contributed by atoms with Crippen molar-refractivity contribution < 1.29 is 0 Å². The zero-order valence-electron chi connectivity index (χ0n) is 10.4. The summed E-state index contributed by atoms with van der Waals surface area (Å²) in [5, 5.41) is 0.672. The highest BCUT2D eigenvalue weighted by atomic mass is 79.9. The lowest BCUT2D eigenvalue weighted by Crippen LogP contribution is -2.16. The molecular formula is C13H14BrClN2S. The molecule has 0 atom stereocenters. The molecule has 0 spiro atoms. The molecule has 0 amide bonds. The van der Waals surface area contributed by atoms with Gasteiger partial charge in [-0.2, -0.15) is 0 Å². The van der Waals surface area contributed by atoms with Crippen molar-refractivity contribution in [3.05, 3.63) is 44.4 Å². The first-order valence-corrected chi connectivity index (χ1v) is 7.15. The van der Waals surface area contributed by atoms with Crippen molar-refractivity contribution in [1.29, 1.82) is 0 Å². The third kappa shape index (κ3) is 2.56. The number of imidazole rings is 1. The first-order valence-electron chi connectivity index (χ1n) is 5.57. The summed E-state index contributed by atoms with van der Waals surface area (Å²) in [5.74, 6) is 0. The van der Waals surface area contributed by atoms with Crippen LogP contribution in [0.3, 0.4) is 0 Å². The lowest BCUT2D eigenvalue weighted by atomic mass is 9.92. The van der Waals surface area contributed by atoms with Gasteiger partial charge in [-0.1, -0.05) is 48.3 Å². The molecule has 2 nitrogen and oxygen atoms in total. The maximum Gasteiger partial charge on any atom is 0.182 e. The van der Waals surface area contributed by atoms with Crippen LogP contribution in [0, 0.1) is 4.77 Å². The van der Waals surface area contributed by atoms with Gasteiger partial charge in [0.2, 0.25) is 0 Å². The number of H-pyrrole nitrogens is 1. The van der Waals surface area contributed by atoms with Crippen molar-refractivity contribution in [3.8, 4) is 5.69 Å². The molecule has 96 valence electrons. The first kappa shape index (κ1) is 13.8. The Labute approximate surface area is 125 Å². The summed E-state index contributed by atoms with van der Waals surface area (Å²) in [5.41, 5.74) is 2.00. The van der Waals surface area contributed by atoms with Crippen molar-refractivity contribution in [2.24, 2.45) is 0 Å². The smallest absolute Gasteiger partial charge is 0.182 e. The molecule has 2 rings (SSSR count). The molecule has 0 bridgehead atoms. The SMILES string of the molecule is CC(C)(C)c1c[nH]c(=S)n1-c1ccc(Br)cc1Cl. The zero-order chi connectivity index (χ0) is 13.5. The Morgan fingerprint density at radius 3 is 2.56 bits per heavy atom. The molecule has 0 radical (unpaired) electrons. The van der Waals surface area contributed by atoms with E-state index in [2.05, 4.69) is 41.7 Å². The highest BCUT2D eigenvalue weighted by Gasteiger charge is 2.21. The molecule has 0 aliphatic heterocycles. The van der Waals surface area contributed by atoms with Gasteiger partial charge in [0.1, 0.15) is 0 Å². The van der Waals surface area contributed by atoms with E-state index in [1.54, 1.807) is 0 Å². The zero-order valence-corrected chi connectivity index (χ0v) is 13.6. The van der Waals surface area contributed by atoms with E-state index in [0.717, 1.165) is 15.9 Å². The highest BCUT2D eigenvalue weighted by Crippen LogP contribution is 2.30. The van der Waals surface area contributed by atoms with Crippen LogP contribution in [-0.4, -0.2) is 9.55 Å². The molecule has 0 saturated heterocycles. The predicted octanol–water partition coefficient (Wildman–Crippen LogP) is 5.25. The molecule has 1 heterocycles. The van der Waals surface area contributed by atoms with Crippen molar-refractivity contribution in [2.75, 3.05) is 0 Å². The maximum absolute atomic E-state index is 6.30. The van der Waals surface area contributed by atoms with Crippen LogP contribution in [0.25, 0.3) is 5.69 Å². The Morgan fingerprint density at radius 1 is 1.33 bits per heavy atom. The van der Waals surface area contributed by atoms with Gasteiger partial charge in [-0.3, -0.25) is 4.57 Å². The van der Waals surface area contributed by atoms with Crippen LogP contribution in [0.5, 0.6) is 0 Å². The fourth-order valence-corrected chi connectivity index (χ4v) is 2.84. The minimum Gasteiger partial charge on any atom is -0.337 e. The van der Waals surface area contributed by atoms with Gasteiger partial charge in [0.15, 0.2) is 4.77 Å². The fourth-order valence-electron chi connectivity index (χ4n) is 1.82. The van der Waals surface area contributed by atoms with Crippen molar-refractivity contribution in [3.63, 3.8) is 0 Å².